The largest absolute Gasteiger partial charge is 0.372 e. The Morgan fingerprint density at radius 1 is 1.30 bits per heavy atom. The number of aromatic nitrogens is 2. The highest BCUT2D eigenvalue weighted by Crippen LogP contribution is 2.25. The van der Waals surface area contributed by atoms with Gasteiger partial charge in [0.15, 0.2) is 0 Å². The lowest BCUT2D eigenvalue weighted by atomic mass is 9.90. The second kappa shape index (κ2) is 7.73. The number of rotatable bonds is 4. The summed E-state index contributed by atoms with van der Waals surface area (Å²) in [6.07, 6.45) is 8.56. The number of nitrogens with zero attached hydrogens (tertiary/aromatic N) is 3. The lowest BCUT2D eigenvalue weighted by Gasteiger charge is -2.36. The summed E-state index contributed by atoms with van der Waals surface area (Å²) in [5, 5.41) is 6.44. The average Bonchev–Trinajstić information content (AvgIpc) is 2.62. The summed E-state index contributed by atoms with van der Waals surface area (Å²) in [6, 6.07) is 0. The van der Waals surface area contributed by atoms with Crippen LogP contribution in [0, 0.1) is 11.8 Å². The lowest BCUT2D eigenvalue weighted by molar-refractivity contribution is -0.138. The first kappa shape index (κ1) is 16.2. The Morgan fingerprint density at radius 3 is 2.87 bits per heavy atom. The topological polar surface area (TPSA) is 70.2 Å². The van der Waals surface area contributed by atoms with Gasteiger partial charge in [-0.25, -0.2) is 4.98 Å². The standard InChI is InChI=1S/C17H27N5O/c1-18-16-15(20-8-9-21-16)11-13-3-2-10-22(12-13)17(23)14-4-6-19-7-5-14/h8-9,13-14,19H,2-7,10-12H2,1H3,(H,18,21)/t13-/m1/s1. The van der Waals surface area contributed by atoms with Crippen LogP contribution in [0.1, 0.15) is 31.4 Å². The first-order valence-electron chi connectivity index (χ1n) is 8.75. The van der Waals surface area contributed by atoms with E-state index < -0.39 is 0 Å². The van der Waals surface area contributed by atoms with Crippen molar-refractivity contribution in [3.8, 4) is 0 Å². The Hall–Kier alpha value is -1.69. The Kier molecular flexibility index (Phi) is 5.43. The van der Waals surface area contributed by atoms with Gasteiger partial charge in [-0.15, -0.1) is 0 Å². The average molecular weight is 317 g/mol. The van der Waals surface area contributed by atoms with Crippen molar-refractivity contribution < 1.29 is 4.79 Å². The van der Waals surface area contributed by atoms with E-state index in [1.165, 1.54) is 0 Å². The van der Waals surface area contributed by atoms with Crippen LogP contribution < -0.4 is 10.6 Å². The molecule has 0 aliphatic carbocycles. The Bertz CT molecular complexity index is 529. The minimum absolute atomic E-state index is 0.222. The molecular formula is C17H27N5O. The van der Waals surface area contributed by atoms with Crippen LogP contribution in [0.4, 0.5) is 5.82 Å². The number of carbonyl (C=O) groups excluding carboxylic acids is 1. The van der Waals surface area contributed by atoms with E-state index in [4.69, 9.17) is 0 Å². The van der Waals surface area contributed by atoms with Gasteiger partial charge >= 0.3 is 0 Å². The molecule has 2 aliphatic heterocycles. The number of likely N-dealkylation sites (tertiary alicyclic amines) is 1. The van der Waals surface area contributed by atoms with Gasteiger partial charge < -0.3 is 15.5 Å². The fourth-order valence-electron chi connectivity index (χ4n) is 3.76. The molecule has 3 heterocycles. The van der Waals surface area contributed by atoms with Crippen LogP contribution in [-0.2, 0) is 11.2 Å². The Morgan fingerprint density at radius 2 is 2.09 bits per heavy atom. The third-order valence-corrected chi connectivity index (χ3v) is 5.01. The zero-order valence-corrected chi connectivity index (χ0v) is 13.9. The van der Waals surface area contributed by atoms with Crippen LogP contribution in [0.5, 0.6) is 0 Å². The second-order valence-electron chi connectivity index (χ2n) is 6.62. The van der Waals surface area contributed by atoms with E-state index >= 15 is 0 Å². The van der Waals surface area contributed by atoms with Gasteiger partial charge in [-0.1, -0.05) is 0 Å². The zero-order chi connectivity index (χ0) is 16.1. The summed E-state index contributed by atoms with van der Waals surface area (Å²) in [4.78, 5) is 23.6. The van der Waals surface area contributed by atoms with E-state index in [1.54, 1.807) is 12.4 Å². The van der Waals surface area contributed by atoms with Gasteiger partial charge in [-0.05, 0) is 51.1 Å². The van der Waals surface area contributed by atoms with E-state index in [0.717, 1.165) is 69.8 Å². The highest BCUT2D eigenvalue weighted by molar-refractivity contribution is 5.79. The third-order valence-electron chi connectivity index (χ3n) is 5.01. The quantitative estimate of drug-likeness (QED) is 0.876. The molecule has 23 heavy (non-hydrogen) atoms. The van der Waals surface area contributed by atoms with Gasteiger partial charge in [0.1, 0.15) is 5.82 Å². The summed E-state index contributed by atoms with van der Waals surface area (Å²) in [5.74, 6) is 1.93. The summed E-state index contributed by atoms with van der Waals surface area (Å²) in [5.41, 5.74) is 1.01. The molecule has 1 atom stereocenters. The van der Waals surface area contributed by atoms with Crippen molar-refractivity contribution in [3.05, 3.63) is 18.1 Å². The molecule has 0 bridgehead atoms. The highest BCUT2D eigenvalue weighted by Gasteiger charge is 2.30. The first-order valence-corrected chi connectivity index (χ1v) is 8.75. The van der Waals surface area contributed by atoms with Gasteiger partial charge in [0.25, 0.3) is 0 Å². The number of nitrogens with one attached hydrogen (secondary N) is 2. The van der Waals surface area contributed by atoms with Crippen LogP contribution in [0.2, 0.25) is 0 Å². The van der Waals surface area contributed by atoms with Crippen molar-refractivity contribution in [2.75, 3.05) is 38.5 Å². The van der Waals surface area contributed by atoms with Crippen molar-refractivity contribution in [1.82, 2.24) is 20.2 Å². The highest BCUT2D eigenvalue weighted by atomic mass is 16.2. The molecule has 6 heteroatoms. The molecule has 1 amide bonds. The monoisotopic (exact) mass is 317 g/mol. The van der Waals surface area contributed by atoms with Crippen molar-refractivity contribution in [2.45, 2.75) is 32.1 Å². The molecule has 2 fully saturated rings. The van der Waals surface area contributed by atoms with E-state index in [9.17, 15) is 4.79 Å². The predicted octanol–water partition coefficient (Wildman–Crippen LogP) is 1.30. The van der Waals surface area contributed by atoms with Crippen molar-refractivity contribution in [2.24, 2.45) is 11.8 Å². The number of anilines is 1. The molecule has 3 rings (SSSR count). The van der Waals surface area contributed by atoms with Crippen molar-refractivity contribution >= 4 is 11.7 Å². The molecule has 2 aliphatic rings. The fourth-order valence-corrected chi connectivity index (χ4v) is 3.76. The van der Waals surface area contributed by atoms with E-state index in [0.29, 0.717) is 11.8 Å². The summed E-state index contributed by atoms with van der Waals surface area (Å²) in [6.45, 7) is 3.72. The third kappa shape index (κ3) is 3.99. The zero-order valence-electron chi connectivity index (χ0n) is 13.9. The minimum Gasteiger partial charge on any atom is -0.372 e. The second-order valence-corrected chi connectivity index (χ2v) is 6.62. The molecule has 6 nitrogen and oxygen atoms in total. The summed E-state index contributed by atoms with van der Waals surface area (Å²) < 4.78 is 0. The molecule has 0 radical (unpaired) electrons. The first-order chi connectivity index (χ1) is 11.3. The van der Waals surface area contributed by atoms with Crippen molar-refractivity contribution in [3.63, 3.8) is 0 Å². The smallest absolute Gasteiger partial charge is 0.225 e. The minimum atomic E-state index is 0.222. The molecule has 0 spiro atoms. The number of carbonyl (C=O) groups is 1. The SMILES string of the molecule is CNc1nccnc1C[C@H]1CCCN(C(=O)C2CCNCC2)C1. The molecule has 0 saturated carbocycles. The number of hydrogen-bond acceptors (Lipinski definition) is 5. The molecule has 0 unspecified atom stereocenters. The van der Waals surface area contributed by atoms with Gasteiger partial charge in [0.05, 0.1) is 5.69 Å². The summed E-state index contributed by atoms with van der Waals surface area (Å²) >= 11 is 0. The van der Waals surface area contributed by atoms with Crippen LogP contribution in [0.15, 0.2) is 12.4 Å². The number of hydrogen-bond donors (Lipinski definition) is 2. The van der Waals surface area contributed by atoms with Gasteiger partial charge in [-0.2, -0.15) is 0 Å². The van der Waals surface area contributed by atoms with Crippen molar-refractivity contribution in [1.29, 1.82) is 0 Å². The van der Waals surface area contributed by atoms with Crippen LogP contribution in [0.3, 0.4) is 0 Å². The normalized spacial score (nSPS) is 22.8. The van der Waals surface area contributed by atoms with Crippen LogP contribution >= 0.6 is 0 Å². The number of amides is 1. The van der Waals surface area contributed by atoms with E-state index in [1.807, 2.05) is 7.05 Å². The summed E-state index contributed by atoms with van der Waals surface area (Å²) in [7, 11) is 1.88. The molecular weight excluding hydrogens is 290 g/mol. The van der Waals surface area contributed by atoms with Crippen LogP contribution in [0.25, 0.3) is 0 Å². The fraction of sp³-hybridized carbons (Fsp3) is 0.706. The molecule has 126 valence electrons. The Labute approximate surface area is 138 Å². The molecule has 2 N–H and O–H groups in total. The molecule has 1 aromatic rings. The lowest BCUT2D eigenvalue weighted by Crippen LogP contribution is -2.45. The maximum Gasteiger partial charge on any atom is 0.225 e. The predicted molar refractivity (Wildman–Crippen MR) is 90.2 cm³/mol. The maximum atomic E-state index is 12.7. The number of piperidine rings is 2. The molecule has 1 aromatic heterocycles. The maximum absolute atomic E-state index is 12.7. The Balaban J connectivity index is 1.60. The van der Waals surface area contributed by atoms with Gasteiger partial charge in [0.2, 0.25) is 5.91 Å². The molecule has 0 aromatic carbocycles. The van der Waals surface area contributed by atoms with Crippen LogP contribution in [-0.4, -0.2) is 54.0 Å². The van der Waals surface area contributed by atoms with Gasteiger partial charge in [0, 0.05) is 38.4 Å². The molecule has 2 saturated heterocycles. The van der Waals surface area contributed by atoms with E-state index in [-0.39, 0.29) is 5.92 Å². The van der Waals surface area contributed by atoms with Gasteiger partial charge in [-0.3, -0.25) is 9.78 Å². The van der Waals surface area contributed by atoms with E-state index in [2.05, 4.69) is 25.5 Å².